The van der Waals surface area contributed by atoms with E-state index in [1.54, 1.807) is 42.3 Å². The first-order chi connectivity index (χ1) is 13.0. The van der Waals surface area contributed by atoms with Crippen LogP contribution in [0.4, 0.5) is 5.69 Å². The summed E-state index contributed by atoms with van der Waals surface area (Å²) in [6.45, 7) is 0. The third-order valence-corrected chi connectivity index (χ3v) is 4.08. The first kappa shape index (κ1) is 16.6. The predicted octanol–water partition coefficient (Wildman–Crippen LogP) is 1.38. The molecule has 0 aliphatic carbocycles. The number of rotatable bonds is 3. The number of amides is 1. The Morgan fingerprint density at radius 3 is 2.70 bits per heavy atom. The smallest absolute Gasteiger partial charge is 0.275 e. The van der Waals surface area contributed by atoms with Crippen molar-refractivity contribution in [2.45, 2.75) is 0 Å². The number of hydrogen-bond donors (Lipinski definition) is 1. The summed E-state index contributed by atoms with van der Waals surface area (Å²) in [5, 5.41) is 3.15. The molecule has 3 aromatic heterocycles. The van der Waals surface area contributed by atoms with Gasteiger partial charge in [-0.2, -0.15) is 0 Å². The van der Waals surface area contributed by atoms with Crippen molar-refractivity contribution in [1.29, 1.82) is 0 Å². The highest BCUT2D eigenvalue weighted by Gasteiger charge is 2.16. The molecule has 0 fully saturated rings. The number of nitrogens with zero attached hydrogens (tertiary/aromatic N) is 6. The fraction of sp³-hybridized carbons (Fsp3) is 0.111. The van der Waals surface area contributed by atoms with Crippen LogP contribution in [-0.4, -0.2) is 35.0 Å². The van der Waals surface area contributed by atoms with Crippen molar-refractivity contribution in [1.82, 2.24) is 29.1 Å². The van der Waals surface area contributed by atoms with E-state index < -0.39 is 5.91 Å². The molecule has 134 valence electrons. The van der Waals surface area contributed by atoms with Crippen molar-refractivity contribution in [2.75, 3.05) is 5.32 Å². The van der Waals surface area contributed by atoms with Gasteiger partial charge in [0.2, 0.25) is 0 Å². The van der Waals surface area contributed by atoms with Gasteiger partial charge in [0.25, 0.3) is 11.5 Å². The van der Waals surface area contributed by atoms with Crippen LogP contribution in [0.3, 0.4) is 0 Å². The van der Waals surface area contributed by atoms with E-state index >= 15 is 0 Å². The number of imidazole rings is 1. The second-order valence-corrected chi connectivity index (χ2v) is 5.97. The summed E-state index contributed by atoms with van der Waals surface area (Å²) in [5.74, 6) is -0.0215. The van der Waals surface area contributed by atoms with E-state index in [1.165, 1.54) is 23.2 Å². The molecule has 0 aliphatic rings. The molecule has 0 radical (unpaired) electrons. The molecule has 0 saturated carbocycles. The van der Waals surface area contributed by atoms with Crippen molar-refractivity contribution in [2.24, 2.45) is 14.1 Å². The van der Waals surface area contributed by atoms with Gasteiger partial charge in [-0.15, -0.1) is 0 Å². The highest BCUT2D eigenvalue weighted by atomic mass is 16.2. The third kappa shape index (κ3) is 2.95. The lowest BCUT2D eigenvalue weighted by molar-refractivity contribution is 0.102. The Kier molecular flexibility index (Phi) is 3.96. The van der Waals surface area contributed by atoms with Crippen LogP contribution < -0.4 is 10.9 Å². The fourth-order valence-corrected chi connectivity index (χ4v) is 2.76. The number of hydrogen-bond acceptors (Lipinski definition) is 6. The van der Waals surface area contributed by atoms with E-state index in [1.807, 2.05) is 7.05 Å². The highest BCUT2D eigenvalue weighted by molar-refractivity contribution is 6.07. The number of aryl methyl sites for hydroxylation is 1. The molecular weight excluding hydrogens is 346 g/mol. The Morgan fingerprint density at radius 1 is 1.15 bits per heavy atom. The van der Waals surface area contributed by atoms with E-state index in [0.29, 0.717) is 28.1 Å². The van der Waals surface area contributed by atoms with Crippen LogP contribution >= 0.6 is 0 Å². The maximum absolute atomic E-state index is 12.8. The standard InChI is InChI=1S/C18H15N7O2/c1-24-9-14(21-10-24)16-23-15-11(18(27)25(16)2)4-3-5-12(15)22-17(26)13-8-19-6-7-20-13/h3-10H,1-2H3,(H,22,26). The Labute approximate surface area is 153 Å². The second kappa shape index (κ2) is 6.45. The molecule has 0 saturated heterocycles. The molecule has 27 heavy (non-hydrogen) atoms. The summed E-state index contributed by atoms with van der Waals surface area (Å²) >= 11 is 0. The normalized spacial score (nSPS) is 10.9. The summed E-state index contributed by atoms with van der Waals surface area (Å²) in [6, 6.07) is 5.05. The zero-order valence-electron chi connectivity index (χ0n) is 14.6. The average molecular weight is 361 g/mol. The van der Waals surface area contributed by atoms with Gasteiger partial charge in [0.1, 0.15) is 16.9 Å². The van der Waals surface area contributed by atoms with Crippen molar-refractivity contribution >= 4 is 22.5 Å². The Hall–Kier alpha value is -3.88. The molecular formula is C18H15N7O2. The van der Waals surface area contributed by atoms with Crippen molar-refractivity contribution < 1.29 is 4.79 Å². The molecule has 0 aliphatic heterocycles. The SMILES string of the molecule is Cn1cnc(-c2nc3c(NC(=O)c4cnccn4)cccc3c(=O)n2C)c1. The van der Waals surface area contributed by atoms with E-state index in [-0.39, 0.29) is 11.3 Å². The highest BCUT2D eigenvalue weighted by Crippen LogP contribution is 2.23. The average Bonchev–Trinajstić information content (AvgIpc) is 3.11. The molecule has 1 amide bonds. The molecule has 0 atom stereocenters. The van der Waals surface area contributed by atoms with Gasteiger partial charge < -0.3 is 9.88 Å². The summed E-state index contributed by atoms with van der Waals surface area (Å²) in [4.78, 5) is 42.0. The largest absolute Gasteiger partial charge is 0.340 e. The van der Waals surface area contributed by atoms with Gasteiger partial charge in [-0.3, -0.25) is 19.1 Å². The summed E-state index contributed by atoms with van der Waals surface area (Å²) in [5.41, 5.74) is 1.31. The van der Waals surface area contributed by atoms with Crippen molar-refractivity contribution in [3.8, 4) is 11.5 Å². The van der Waals surface area contributed by atoms with E-state index in [0.717, 1.165) is 0 Å². The molecule has 0 spiro atoms. The molecule has 4 rings (SSSR count). The summed E-state index contributed by atoms with van der Waals surface area (Å²) < 4.78 is 3.21. The minimum atomic E-state index is -0.433. The first-order valence-electron chi connectivity index (χ1n) is 8.10. The number of carbonyl (C=O) groups excluding carboxylic acids is 1. The van der Waals surface area contributed by atoms with Gasteiger partial charge in [-0.25, -0.2) is 15.0 Å². The maximum Gasteiger partial charge on any atom is 0.275 e. The van der Waals surface area contributed by atoms with E-state index in [2.05, 4.69) is 25.3 Å². The molecule has 3 heterocycles. The molecule has 0 bridgehead atoms. The van der Waals surface area contributed by atoms with Gasteiger partial charge in [-0.1, -0.05) is 6.07 Å². The van der Waals surface area contributed by atoms with E-state index in [4.69, 9.17) is 0 Å². The zero-order chi connectivity index (χ0) is 19.0. The fourth-order valence-electron chi connectivity index (χ4n) is 2.76. The van der Waals surface area contributed by atoms with E-state index in [9.17, 15) is 9.59 Å². The molecule has 0 unspecified atom stereocenters. The molecule has 4 aromatic rings. The van der Waals surface area contributed by atoms with Crippen molar-refractivity contribution in [3.05, 3.63) is 65.4 Å². The molecule has 1 N–H and O–H groups in total. The number of benzene rings is 1. The maximum atomic E-state index is 12.8. The van der Waals surface area contributed by atoms with Crippen LogP contribution in [0.15, 0.2) is 54.1 Å². The number of fused-ring (bicyclic) bond motifs is 1. The van der Waals surface area contributed by atoms with Crippen LogP contribution in [0.2, 0.25) is 0 Å². The molecule has 1 aromatic carbocycles. The first-order valence-corrected chi connectivity index (χ1v) is 8.10. The minimum Gasteiger partial charge on any atom is -0.340 e. The number of nitrogens with one attached hydrogen (secondary N) is 1. The number of aromatic nitrogens is 6. The van der Waals surface area contributed by atoms with Crippen LogP contribution in [0, 0.1) is 0 Å². The Balaban J connectivity index is 1.86. The van der Waals surface area contributed by atoms with Crippen LogP contribution in [0.25, 0.3) is 22.4 Å². The second-order valence-electron chi connectivity index (χ2n) is 5.97. The molecule has 9 heteroatoms. The Bertz CT molecular complexity index is 1210. The minimum absolute atomic E-state index is 0.170. The zero-order valence-corrected chi connectivity index (χ0v) is 14.6. The number of anilines is 1. The molecule has 9 nitrogen and oxygen atoms in total. The monoisotopic (exact) mass is 361 g/mol. The number of carbonyl (C=O) groups is 1. The van der Waals surface area contributed by atoms with Gasteiger partial charge in [0, 0.05) is 32.7 Å². The third-order valence-electron chi connectivity index (χ3n) is 4.08. The number of para-hydroxylation sites is 1. The van der Waals surface area contributed by atoms with Gasteiger partial charge in [0.15, 0.2) is 5.82 Å². The van der Waals surface area contributed by atoms with Crippen molar-refractivity contribution in [3.63, 3.8) is 0 Å². The topological polar surface area (TPSA) is 108 Å². The van der Waals surface area contributed by atoms with Gasteiger partial charge in [0.05, 0.1) is 23.6 Å². The van der Waals surface area contributed by atoms with Crippen LogP contribution in [-0.2, 0) is 14.1 Å². The summed E-state index contributed by atoms with van der Waals surface area (Å²) in [6.07, 6.45) is 7.69. The lowest BCUT2D eigenvalue weighted by atomic mass is 10.2. The Morgan fingerprint density at radius 2 is 2.00 bits per heavy atom. The van der Waals surface area contributed by atoms with Gasteiger partial charge >= 0.3 is 0 Å². The summed E-state index contributed by atoms with van der Waals surface area (Å²) in [7, 11) is 3.48. The van der Waals surface area contributed by atoms with Crippen LogP contribution in [0.1, 0.15) is 10.5 Å². The van der Waals surface area contributed by atoms with Gasteiger partial charge in [-0.05, 0) is 12.1 Å². The van der Waals surface area contributed by atoms with Crippen LogP contribution in [0.5, 0.6) is 0 Å². The lowest BCUT2D eigenvalue weighted by Gasteiger charge is -2.11. The lowest BCUT2D eigenvalue weighted by Crippen LogP contribution is -2.21. The predicted molar refractivity (Wildman–Crippen MR) is 99.2 cm³/mol. The quantitative estimate of drug-likeness (QED) is 0.591.